The van der Waals surface area contributed by atoms with E-state index >= 15 is 0 Å². The van der Waals surface area contributed by atoms with Gasteiger partial charge in [0.2, 0.25) is 0 Å². The highest BCUT2D eigenvalue weighted by Crippen LogP contribution is 2.36. The fourth-order valence-corrected chi connectivity index (χ4v) is 0.897. The van der Waals surface area contributed by atoms with Crippen LogP contribution >= 0.6 is 7.60 Å². The molecule has 0 aliphatic heterocycles. The summed E-state index contributed by atoms with van der Waals surface area (Å²) >= 11 is 0. The van der Waals surface area contributed by atoms with Gasteiger partial charge < -0.3 is 14.2 Å². The Morgan fingerprint density at radius 2 is 2.27 bits per heavy atom. The minimum absolute atomic E-state index is 0.0529. The lowest BCUT2D eigenvalue weighted by molar-refractivity contribution is 0.0680. The lowest BCUT2D eigenvalue weighted by Gasteiger charge is -2.14. The summed E-state index contributed by atoms with van der Waals surface area (Å²) in [6.45, 7) is 1.17. The Labute approximate surface area is 67.8 Å². The van der Waals surface area contributed by atoms with Crippen LogP contribution in [-0.2, 0) is 13.8 Å². The number of methoxy groups -OCH3 is 1. The molecule has 0 fully saturated rings. The van der Waals surface area contributed by atoms with Crippen molar-refractivity contribution < 1.29 is 18.7 Å². The zero-order chi connectivity index (χ0) is 8.91. The first kappa shape index (κ1) is 11.2. The van der Waals surface area contributed by atoms with Crippen molar-refractivity contribution in [1.29, 1.82) is 0 Å². The largest absolute Gasteiger partial charge is 0.380 e. The third kappa shape index (κ3) is 6.57. The maximum absolute atomic E-state index is 10.6. The summed E-state index contributed by atoms with van der Waals surface area (Å²) in [6.07, 6.45) is -0.0355. The monoisotopic (exact) mass is 178 g/mol. The number of hydrogen-bond acceptors (Lipinski definition) is 3. The second-order valence-corrected chi connectivity index (χ2v) is 4.06. The van der Waals surface area contributed by atoms with Crippen LogP contribution < -0.4 is 0 Å². The van der Waals surface area contributed by atoms with E-state index in [2.05, 4.69) is 4.52 Å². The number of ether oxygens (including phenoxy) is 1. The van der Waals surface area contributed by atoms with E-state index in [4.69, 9.17) is 17.5 Å². The third-order valence-electron chi connectivity index (χ3n) is 1.10. The molecule has 0 aromatic heterocycles. The first-order valence-electron chi connectivity index (χ1n) is 3.17. The minimum Gasteiger partial charge on any atom is -0.380 e. The van der Waals surface area contributed by atoms with Gasteiger partial charge in [0.1, 0.15) is 0 Å². The Bertz CT molecular complexity index is 141. The van der Waals surface area contributed by atoms with Gasteiger partial charge in [-0.1, -0.05) is 6.32 Å². The highest BCUT2D eigenvalue weighted by atomic mass is 31.2. The Kier molecular flexibility index (Phi) is 5.01. The Balaban J connectivity index is 3.59. The maximum Gasteiger partial charge on any atom is 0.325 e. The molecule has 2 atom stereocenters. The summed E-state index contributed by atoms with van der Waals surface area (Å²) in [5.41, 5.74) is 0. The summed E-state index contributed by atoms with van der Waals surface area (Å²) in [7, 11) is 3.33. The van der Waals surface area contributed by atoms with Gasteiger partial charge in [-0.2, -0.15) is 0 Å². The van der Waals surface area contributed by atoms with Gasteiger partial charge in [-0.25, -0.2) is 0 Å². The lowest BCUT2D eigenvalue weighted by atomic mass is 10.0. The Hall–Kier alpha value is 0.175. The van der Waals surface area contributed by atoms with E-state index in [0.717, 1.165) is 6.66 Å². The average molecular weight is 178 g/mol. The average Bonchev–Trinajstić information content (AvgIpc) is 1.88. The van der Waals surface area contributed by atoms with Crippen LogP contribution in [0.5, 0.6) is 0 Å². The third-order valence-corrected chi connectivity index (χ3v) is 1.72. The highest BCUT2D eigenvalue weighted by molar-refractivity contribution is 7.51. The maximum atomic E-state index is 10.6. The smallest absolute Gasteiger partial charge is 0.325 e. The van der Waals surface area contributed by atoms with Gasteiger partial charge in [-0.15, -0.1) is 0 Å². The van der Waals surface area contributed by atoms with Crippen LogP contribution in [0.4, 0.5) is 0 Å². The van der Waals surface area contributed by atoms with Crippen LogP contribution in [0.2, 0.25) is 6.32 Å². The zero-order valence-electron chi connectivity index (χ0n) is 6.69. The topological polar surface area (TPSA) is 55.8 Å². The lowest BCUT2D eigenvalue weighted by Crippen LogP contribution is -2.16. The molecule has 0 saturated heterocycles. The molecule has 0 aliphatic rings. The second-order valence-electron chi connectivity index (χ2n) is 2.19. The van der Waals surface area contributed by atoms with Crippen molar-refractivity contribution in [2.75, 3.05) is 20.4 Å². The fourth-order valence-electron chi connectivity index (χ4n) is 0.454. The first-order chi connectivity index (χ1) is 4.99. The van der Waals surface area contributed by atoms with Crippen LogP contribution in [0.15, 0.2) is 0 Å². The molecule has 1 N–H and O–H groups in total. The van der Waals surface area contributed by atoms with Gasteiger partial charge in [-0.3, -0.25) is 4.57 Å². The second kappa shape index (κ2) is 4.93. The zero-order valence-corrected chi connectivity index (χ0v) is 7.58. The molecule has 0 heterocycles. The molecule has 0 aliphatic carbocycles. The molecule has 2 radical (unpaired) electrons. The van der Waals surface area contributed by atoms with Gasteiger partial charge in [-0.05, 0) is 0 Å². The molecule has 0 saturated carbocycles. The first-order valence-corrected chi connectivity index (χ1v) is 5.19. The molecule has 0 rings (SSSR count). The van der Waals surface area contributed by atoms with Crippen molar-refractivity contribution in [3.8, 4) is 0 Å². The molecule has 0 aromatic rings. The highest BCUT2D eigenvalue weighted by Gasteiger charge is 2.13. The molecule has 0 spiro atoms. The summed E-state index contributed by atoms with van der Waals surface area (Å²) in [4.78, 5) is 8.69. The Morgan fingerprint density at radius 3 is 2.55 bits per heavy atom. The molecular weight excluding hydrogens is 166 g/mol. The molecule has 4 nitrogen and oxygen atoms in total. The van der Waals surface area contributed by atoms with E-state index in [1.54, 1.807) is 0 Å². The summed E-state index contributed by atoms with van der Waals surface area (Å²) in [5, 5.41) is 0. The Morgan fingerprint density at radius 1 is 1.73 bits per heavy atom. The van der Waals surface area contributed by atoms with Gasteiger partial charge in [0.15, 0.2) is 0 Å². The molecule has 0 bridgehead atoms. The molecule has 1 unspecified atom stereocenters. The van der Waals surface area contributed by atoms with Crippen LogP contribution in [-0.4, -0.2) is 39.2 Å². The SMILES string of the molecule is [B]C[C@H](COP(C)(=O)O)OC. The minimum atomic E-state index is -3.38. The van der Waals surface area contributed by atoms with Gasteiger partial charge in [0.25, 0.3) is 0 Å². The molecule has 11 heavy (non-hydrogen) atoms. The van der Waals surface area contributed by atoms with E-state index in [1.807, 2.05) is 0 Å². The summed E-state index contributed by atoms with van der Waals surface area (Å²) < 4.78 is 20.0. The predicted octanol–water partition coefficient (Wildman–Crippen LogP) is 0.420. The van der Waals surface area contributed by atoms with Crippen molar-refractivity contribution in [2.24, 2.45) is 0 Å². The van der Waals surface area contributed by atoms with Crippen molar-refractivity contribution in [3.63, 3.8) is 0 Å². The summed E-state index contributed by atoms with van der Waals surface area (Å²) in [5.74, 6) is 0. The van der Waals surface area contributed by atoms with Crippen LogP contribution in [0, 0.1) is 0 Å². The van der Waals surface area contributed by atoms with Gasteiger partial charge in [0.05, 0.1) is 20.6 Å². The van der Waals surface area contributed by atoms with Crippen LogP contribution in [0.3, 0.4) is 0 Å². The quantitative estimate of drug-likeness (QED) is 0.489. The molecule has 0 aromatic carbocycles. The van der Waals surface area contributed by atoms with Gasteiger partial charge >= 0.3 is 7.60 Å². The standard InChI is InChI=1S/C5H12BO4P/c1-9-5(3-6)4-10-11(2,7)8/h5H,3-4H2,1-2H3,(H,7,8)/t5-/m1/s1. The van der Waals surface area contributed by atoms with Crippen LogP contribution in [0.25, 0.3) is 0 Å². The van der Waals surface area contributed by atoms with E-state index in [0.29, 0.717) is 0 Å². The number of hydrogen-bond donors (Lipinski definition) is 1. The summed E-state index contributed by atoms with van der Waals surface area (Å²) in [6, 6.07) is 0. The number of rotatable bonds is 5. The predicted molar refractivity (Wildman–Crippen MR) is 43.1 cm³/mol. The normalized spacial score (nSPS) is 19.2. The van der Waals surface area contributed by atoms with E-state index in [9.17, 15) is 4.57 Å². The molecular formula is C5H12BO4P. The van der Waals surface area contributed by atoms with Crippen molar-refractivity contribution in [2.45, 2.75) is 12.4 Å². The fraction of sp³-hybridized carbons (Fsp3) is 1.00. The molecule has 64 valence electrons. The van der Waals surface area contributed by atoms with Crippen molar-refractivity contribution >= 4 is 15.4 Å². The van der Waals surface area contributed by atoms with Crippen LogP contribution in [0.1, 0.15) is 0 Å². The van der Waals surface area contributed by atoms with E-state index < -0.39 is 7.60 Å². The molecule has 0 amide bonds. The van der Waals surface area contributed by atoms with Gasteiger partial charge in [0, 0.05) is 13.8 Å². The molecule has 6 heteroatoms. The van der Waals surface area contributed by atoms with E-state index in [-0.39, 0.29) is 19.0 Å². The van der Waals surface area contributed by atoms with E-state index in [1.165, 1.54) is 7.11 Å². The van der Waals surface area contributed by atoms with Crippen molar-refractivity contribution in [3.05, 3.63) is 0 Å². The van der Waals surface area contributed by atoms with Crippen molar-refractivity contribution in [1.82, 2.24) is 0 Å².